The fraction of sp³-hybridized carbons (Fsp3) is 0.421. The number of sulfone groups is 1. The normalized spacial score (nSPS) is 14.5. The molecule has 10 nitrogen and oxygen atoms in total. The summed E-state index contributed by atoms with van der Waals surface area (Å²) in [7, 11) is -3.40. The van der Waals surface area contributed by atoms with Crippen LogP contribution in [0, 0.1) is 5.82 Å². The third-order valence-corrected chi connectivity index (χ3v) is 5.87. The molecule has 1 aromatic heterocycles. The summed E-state index contributed by atoms with van der Waals surface area (Å²) >= 11 is 0. The molecule has 3 rings (SSSR count). The van der Waals surface area contributed by atoms with E-state index in [2.05, 4.69) is 15.7 Å². The van der Waals surface area contributed by atoms with Crippen LogP contribution >= 0.6 is 0 Å². The fourth-order valence-electron chi connectivity index (χ4n) is 3.10. The van der Waals surface area contributed by atoms with E-state index >= 15 is 0 Å². The zero-order valence-electron chi connectivity index (χ0n) is 17.1. The van der Waals surface area contributed by atoms with Gasteiger partial charge >= 0.3 is 11.8 Å². The number of rotatable bonds is 8. The molecule has 12 heteroatoms. The van der Waals surface area contributed by atoms with Crippen LogP contribution in [-0.2, 0) is 40.4 Å². The van der Waals surface area contributed by atoms with Crippen molar-refractivity contribution in [1.29, 1.82) is 0 Å². The molecular weight excluding hydrogens is 431 g/mol. The number of aromatic nitrogens is 2. The number of amides is 2. The van der Waals surface area contributed by atoms with E-state index in [4.69, 9.17) is 9.47 Å². The van der Waals surface area contributed by atoms with Crippen molar-refractivity contribution in [2.75, 3.05) is 25.1 Å². The number of nitrogens with zero attached hydrogens (tertiary/aromatic N) is 2. The van der Waals surface area contributed by atoms with Gasteiger partial charge in [-0.2, -0.15) is 5.10 Å². The zero-order valence-corrected chi connectivity index (χ0v) is 17.9. The fourth-order valence-corrected chi connectivity index (χ4v) is 4.59. The van der Waals surface area contributed by atoms with Crippen molar-refractivity contribution >= 4 is 27.5 Å². The lowest BCUT2D eigenvalue weighted by atomic mass is 10.2. The van der Waals surface area contributed by atoms with Gasteiger partial charge in [-0.3, -0.25) is 9.59 Å². The Labute approximate surface area is 178 Å². The van der Waals surface area contributed by atoms with Gasteiger partial charge in [-0.1, -0.05) is 0 Å². The molecule has 1 aromatic carbocycles. The van der Waals surface area contributed by atoms with Gasteiger partial charge in [0, 0.05) is 18.8 Å². The highest BCUT2D eigenvalue weighted by molar-refractivity contribution is 7.90. The summed E-state index contributed by atoms with van der Waals surface area (Å²) in [6.45, 7) is 4.23. The Morgan fingerprint density at radius 3 is 2.39 bits per heavy atom. The lowest BCUT2D eigenvalue weighted by molar-refractivity contribution is -0.145. The van der Waals surface area contributed by atoms with Crippen LogP contribution in [0.1, 0.15) is 25.1 Å². The molecule has 0 unspecified atom stereocenters. The van der Waals surface area contributed by atoms with E-state index in [1.54, 1.807) is 13.8 Å². The standard InChI is InChI=1S/C19H23FN4O6S/c1-3-29-16(30-4-2)9-21-18(25)19(26)22-17-14-10-31(27,28)11-15(14)23-24(17)13-7-5-12(20)6-8-13/h5-8,16H,3-4,9-11H2,1-2H3,(H,21,25)(H,22,26). The van der Waals surface area contributed by atoms with Crippen molar-refractivity contribution in [3.05, 3.63) is 41.3 Å². The van der Waals surface area contributed by atoms with E-state index in [9.17, 15) is 22.4 Å². The maximum absolute atomic E-state index is 13.3. The number of fused-ring (bicyclic) bond motifs is 1. The molecule has 2 heterocycles. The third-order valence-electron chi connectivity index (χ3n) is 4.43. The number of halogens is 1. The molecule has 0 saturated carbocycles. The molecule has 2 aromatic rings. The molecular formula is C19H23FN4O6S. The number of anilines is 1. The molecule has 0 atom stereocenters. The third kappa shape index (κ3) is 5.46. The predicted octanol–water partition coefficient (Wildman–Crippen LogP) is 0.894. The second kappa shape index (κ2) is 9.54. The van der Waals surface area contributed by atoms with Crippen molar-refractivity contribution in [2.24, 2.45) is 0 Å². The molecule has 1 aliphatic rings. The van der Waals surface area contributed by atoms with Gasteiger partial charge in [-0.05, 0) is 38.1 Å². The highest BCUT2D eigenvalue weighted by Gasteiger charge is 2.34. The van der Waals surface area contributed by atoms with Gasteiger partial charge in [0.15, 0.2) is 16.1 Å². The lowest BCUT2D eigenvalue weighted by Crippen LogP contribution is -2.41. The van der Waals surface area contributed by atoms with Gasteiger partial charge in [0.1, 0.15) is 11.6 Å². The summed E-state index contributed by atoms with van der Waals surface area (Å²) < 4.78 is 49.2. The summed E-state index contributed by atoms with van der Waals surface area (Å²) in [5.74, 6) is -2.98. The molecule has 2 N–H and O–H groups in total. The van der Waals surface area contributed by atoms with Crippen LogP contribution < -0.4 is 10.6 Å². The van der Waals surface area contributed by atoms with Gasteiger partial charge in [-0.25, -0.2) is 17.5 Å². The number of benzene rings is 1. The van der Waals surface area contributed by atoms with Crippen molar-refractivity contribution < 1.29 is 31.9 Å². The summed E-state index contributed by atoms with van der Waals surface area (Å²) in [5.41, 5.74) is 0.969. The van der Waals surface area contributed by atoms with Crippen molar-refractivity contribution in [2.45, 2.75) is 31.6 Å². The monoisotopic (exact) mass is 454 g/mol. The van der Waals surface area contributed by atoms with Crippen molar-refractivity contribution in [3.63, 3.8) is 0 Å². The second-order valence-corrected chi connectivity index (χ2v) is 8.76. The van der Waals surface area contributed by atoms with Crippen LogP contribution in [-0.4, -0.2) is 56.1 Å². The first-order valence-corrected chi connectivity index (χ1v) is 11.5. The largest absolute Gasteiger partial charge is 0.351 e. The Morgan fingerprint density at radius 2 is 1.77 bits per heavy atom. The van der Waals surface area contributed by atoms with Crippen LogP contribution in [0.2, 0.25) is 0 Å². The Bertz CT molecular complexity index is 1060. The van der Waals surface area contributed by atoms with E-state index < -0.39 is 33.8 Å². The smallest absolute Gasteiger partial charge is 0.314 e. The van der Waals surface area contributed by atoms with Gasteiger partial charge in [0.05, 0.1) is 29.4 Å². The molecule has 0 radical (unpaired) electrons. The van der Waals surface area contributed by atoms with Crippen LogP contribution in [0.5, 0.6) is 0 Å². The predicted molar refractivity (Wildman–Crippen MR) is 109 cm³/mol. The Kier molecular flexibility index (Phi) is 7.03. The molecule has 0 aliphatic carbocycles. The SMILES string of the molecule is CCOC(CNC(=O)C(=O)Nc1c2c(nn1-c1ccc(F)cc1)CS(=O)(=O)C2)OCC. The van der Waals surface area contributed by atoms with E-state index in [0.717, 1.165) is 0 Å². The summed E-state index contributed by atoms with van der Waals surface area (Å²) in [5, 5.41) is 9.11. The number of carbonyl (C=O) groups is 2. The first-order chi connectivity index (χ1) is 14.7. The van der Waals surface area contributed by atoms with Crippen LogP contribution in [0.15, 0.2) is 24.3 Å². The van der Waals surface area contributed by atoms with E-state index in [-0.39, 0.29) is 29.6 Å². The van der Waals surface area contributed by atoms with Crippen LogP contribution in [0.3, 0.4) is 0 Å². The van der Waals surface area contributed by atoms with Crippen molar-refractivity contribution in [1.82, 2.24) is 15.1 Å². The number of hydrogen-bond acceptors (Lipinski definition) is 7. The summed E-state index contributed by atoms with van der Waals surface area (Å²) in [4.78, 5) is 24.8. The molecule has 0 fully saturated rings. The van der Waals surface area contributed by atoms with E-state index in [0.29, 0.717) is 24.5 Å². The number of carbonyl (C=O) groups excluding carboxylic acids is 2. The molecule has 0 bridgehead atoms. The average Bonchev–Trinajstić information content (AvgIpc) is 3.19. The quantitative estimate of drug-likeness (QED) is 0.448. The van der Waals surface area contributed by atoms with E-state index in [1.165, 1.54) is 28.9 Å². The topological polar surface area (TPSA) is 129 Å². The van der Waals surface area contributed by atoms with Crippen LogP contribution in [0.25, 0.3) is 5.69 Å². The van der Waals surface area contributed by atoms with Gasteiger partial charge in [0.25, 0.3) is 0 Å². The molecule has 0 saturated heterocycles. The molecule has 2 amide bonds. The lowest BCUT2D eigenvalue weighted by Gasteiger charge is -2.17. The Morgan fingerprint density at radius 1 is 1.13 bits per heavy atom. The number of ether oxygens (including phenoxy) is 2. The second-order valence-electron chi connectivity index (χ2n) is 6.70. The number of nitrogens with one attached hydrogen (secondary N) is 2. The minimum absolute atomic E-state index is 0.0440. The first-order valence-electron chi connectivity index (χ1n) is 9.63. The maximum Gasteiger partial charge on any atom is 0.314 e. The molecule has 31 heavy (non-hydrogen) atoms. The Hall–Kier alpha value is -2.83. The summed E-state index contributed by atoms with van der Waals surface area (Å²) in [6.07, 6.45) is -0.703. The average molecular weight is 454 g/mol. The highest BCUT2D eigenvalue weighted by atomic mass is 32.2. The minimum Gasteiger partial charge on any atom is -0.351 e. The minimum atomic E-state index is -3.40. The maximum atomic E-state index is 13.3. The van der Waals surface area contributed by atoms with Crippen molar-refractivity contribution in [3.8, 4) is 5.69 Å². The molecule has 0 spiro atoms. The van der Waals surface area contributed by atoms with Gasteiger partial charge in [-0.15, -0.1) is 0 Å². The Balaban J connectivity index is 1.80. The van der Waals surface area contributed by atoms with Gasteiger partial charge < -0.3 is 20.1 Å². The summed E-state index contributed by atoms with van der Waals surface area (Å²) in [6, 6.07) is 5.27. The molecule has 1 aliphatic heterocycles. The zero-order chi connectivity index (χ0) is 22.6. The number of hydrogen-bond donors (Lipinski definition) is 2. The molecule has 168 valence electrons. The van der Waals surface area contributed by atoms with Crippen LogP contribution in [0.4, 0.5) is 10.2 Å². The highest BCUT2D eigenvalue weighted by Crippen LogP contribution is 2.32. The first kappa shape index (κ1) is 22.8. The van der Waals surface area contributed by atoms with Gasteiger partial charge in [0.2, 0.25) is 0 Å². The van der Waals surface area contributed by atoms with E-state index in [1.807, 2.05) is 0 Å².